The van der Waals surface area contributed by atoms with Gasteiger partial charge in [0.1, 0.15) is 5.69 Å². The van der Waals surface area contributed by atoms with E-state index >= 15 is 0 Å². The van der Waals surface area contributed by atoms with Crippen LogP contribution in [0.5, 0.6) is 11.5 Å². The second-order valence-corrected chi connectivity index (χ2v) is 8.16. The largest absolute Gasteiger partial charge is 0.493 e. The molecular weight excluding hydrogens is 416 g/mol. The van der Waals surface area contributed by atoms with Crippen LogP contribution in [-0.4, -0.2) is 43.2 Å². The number of rotatable bonds is 7. The van der Waals surface area contributed by atoms with E-state index in [-0.39, 0.29) is 11.9 Å². The Kier molecular flexibility index (Phi) is 7.07. The summed E-state index contributed by atoms with van der Waals surface area (Å²) in [5.74, 6) is 2.06. The monoisotopic (exact) mass is 446 g/mol. The summed E-state index contributed by atoms with van der Waals surface area (Å²) in [6, 6.07) is 13.0. The molecule has 0 radical (unpaired) electrons. The molecule has 4 rings (SSSR count). The van der Waals surface area contributed by atoms with E-state index in [2.05, 4.69) is 20.2 Å². The minimum atomic E-state index is -0.192. The van der Waals surface area contributed by atoms with Crippen molar-refractivity contribution in [2.24, 2.45) is 0 Å². The van der Waals surface area contributed by atoms with Crippen LogP contribution in [0.25, 0.3) is 11.3 Å². The van der Waals surface area contributed by atoms with Gasteiger partial charge in [-0.2, -0.15) is 0 Å². The zero-order valence-electron chi connectivity index (χ0n) is 19.4. The second kappa shape index (κ2) is 10.3. The number of piperidine rings is 1. The lowest BCUT2D eigenvalue weighted by atomic mass is 10.0. The van der Waals surface area contributed by atoms with Gasteiger partial charge in [0.15, 0.2) is 17.3 Å². The van der Waals surface area contributed by atoms with E-state index in [1.165, 1.54) is 19.3 Å². The quantitative estimate of drug-likeness (QED) is 0.570. The van der Waals surface area contributed by atoms with E-state index in [0.29, 0.717) is 17.1 Å². The fourth-order valence-corrected chi connectivity index (χ4v) is 4.14. The molecule has 1 N–H and O–H groups in total. The summed E-state index contributed by atoms with van der Waals surface area (Å²) >= 11 is 0. The normalized spacial score (nSPS) is 14.5. The molecule has 2 heterocycles. The first-order valence-corrected chi connectivity index (χ1v) is 11.3. The number of ether oxygens (including phenoxy) is 2. The first-order chi connectivity index (χ1) is 16.1. The van der Waals surface area contributed by atoms with Crippen LogP contribution in [0.3, 0.4) is 0 Å². The van der Waals surface area contributed by atoms with Crippen molar-refractivity contribution in [3.8, 4) is 22.8 Å². The summed E-state index contributed by atoms with van der Waals surface area (Å²) in [5, 5.41) is 3.05. The van der Waals surface area contributed by atoms with Crippen LogP contribution in [0.4, 0.5) is 5.82 Å². The summed E-state index contributed by atoms with van der Waals surface area (Å²) in [6.07, 6.45) is 7.07. The molecule has 1 aromatic heterocycles. The molecule has 0 spiro atoms. The third-order valence-electron chi connectivity index (χ3n) is 6.01. The highest BCUT2D eigenvalue weighted by Crippen LogP contribution is 2.31. The molecule has 2 aromatic carbocycles. The number of nitrogens with one attached hydrogen (secondary N) is 1. The molecule has 1 fully saturated rings. The topological polar surface area (TPSA) is 76.6 Å². The third kappa shape index (κ3) is 5.08. The average molecular weight is 447 g/mol. The van der Waals surface area contributed by atoms with E-state index < -0.39 is 0 Å². The zero-order valence-corrected chi connectivity index (χ0v) is 19.4. The average Bonchev–Trinajstić information content (AvgIpc) is 2.88. The van der Waals surface area contributed by atoms with Crippen LogP contribution in [0.2, 0.25) is 0 Å². The molecule has 1 atom stereocenters. The van der Waals surface area contributed by atoms with Crippen LogP contribution in [-0.2, 0) is 0 Å². The lowest BCUT2D eigenvalue weighted by molar-refractivity contribution is 0.0940. The molecule has 1 aliphatic rings. The van der Waals surface area contributed by atoms with Crippen LogP contribution in [0.1, 0.15) is 48.1 Å². The second-order valence-electron chi connectivity index (χ2n) is 8.16. The van der Waals surface area contributed by atoms with E-state index in [0.717, 1.165) is 35.7 Å². The summed E-state index contributed by atoms with van der Waals surface area (Å²) < 4.78 is 10.7. The van der Waals surface area contributed by atoms with Gasteiger partial charge in [0.25, 0.3) is 5.91 Å². The van der Waals surface area contributed by atoms with Gasteiger partial charge >= 0.3 is 0 Å². The minimum absolute atomic E-state index is 0.140. The van der Waals surface area contributed by atoms with Crippen LogP contribution < -0.4 is 19.7 Å². The maximum absolute atomic E-state index is 12.9. The van der Waals surface area contributed by atoms with Gasteiger partial charge in [-0.05, 0) is 56.0 Å². The van der Waals surface area contributed by atoms with Gasteiger partial charge in [0.2, 0.25) is 0 Å². The molecule has 1 saturated heterocycles. The van der Waals surface area contributed by atoms with Crippen LogP contribution in [0, 0.1) is 0 Å². The van der Waals surface area contributed by atoms with Crippen molar-refractivity contribution in [3.63, 3.8) is 0 Å². The molecule has 33 heavy (non-hydrogen) atoms. The van der Waals surface area contributed by atoms with Crippen molar-refractivity contribution < 1.29 is 14.3 Å². The fraction of sp³-hybridized carbons (Fsp3) is 0.346. The molecule has 0 aliphatic carbocycles. The standard InChI is InChI=1S/C26H30N4O3/c1-18(21-11-12-22(32-2)23(17-21)33-3)29-26(31)20-9-7-19(8-10-20)24-25(28-14-13-27-24)30-15-5-4-6-16-30/h7-14,17-18H,4-6,15-16H2,1-3H3,(H,29,31). The van der Waals surface area contributed by atoms with Crippen molar-refractivity contribution in [3.05, 3.63) is 66.0 Å². The van der Waals surface area contributed by atoms with E-state index in [4.69, 9.17) is 9.47 Å². The molecule has 1 aliphatic heterocycles. The van der Waals surface area contributed by atoms with Gasteiger partial charge in [-0.3, -0.25) is 9.78 Å². The number of methoxy groups -OCH3 is 2. The molecular formula is C26H30N4O3. The van der Waals surface area contributed by atoms with Crippen LogP contribution >= 0.6 is 0 Å². The van der Waals surface area contributed by atoms with Gasteiger partial charge in [0, 0.05) is 36.6 Å². The van der Waals surface area contributed by atoms with E-state index in [1.807, 2.05) is 49.4 Å². The maximum atomic E-state index is 12.9. The van der Waals surface area contributed by atoms with Gasteiger partial charge in [-0.1, -0.05) is 18.2 Å². The van der Waals surface area contributed by atoms with Gasteiger partial charge in [-0.15, -0.1) is 0 Å². The number of hydrogen-bond acceptors (Lipinski definition) is 6. The van der Waals surface area contributed by atoms with Crippen molar-refractivity contribution in [2.45, 2.75) is 32.2 Å². The summed E-state index contributed by atoms with van der Waals surface area (Å²) in [5.41, 5.74) is 3.33. The SMILES string of the molecule is COc1ccc(C(C)NC(=O)c2ccc(-c3nccnc3N3CCCCC3)cc2)cc1OC. The molecule has 1 unspecified atom stereocenters. The third-order valence-corrected chi connectivity index (χ3v) is 6.01. The Hall–Kier alpha value is -3.61. The molecule has 1 amide bonds. The first-order valence-electron chi connectivity index (χ1n) is 11.3. The number of hydrogen-bond donors (Lipinski definition) is 1. The molecule has 0 bridgehead atoms. The number of benzene rings is 2. The van der Waals surface area contributed by atoms with Crippen molar-refractivity contribution in [1.82, 2.24) is 15.3 Å². The minimum Gasteiger partial charge on any atom is -0.493 e. The van der Waals surface area contributed by atoms with Gasteiger partial charge in [-0.25, -0.2) is 4.98 Å². The summed E-state index contributed by atoms with van der Waals surface area (Å²) in [7, 11) is 3.20. The Morgan fingerprint density at radius 1 is 0.939 bits per heavy atom. The maximum Gasteiger partial charge on any atom is 0.251 e. The van der Waals surface area contributed by atoms with Crippen molar-refractivity contribution in [2.75, 3.05) is 32.2 Å². The predicted molar refractivity (Wildman–Crippen MR) is 129 cm³/mol. The van der Waals surface area contributed by atoms with Gasteiger partial charge in [0.05, 0.1) is 20.3 Å². The highest BCUT2D eigenvalue weighted by Gasteiger charge is 2.18. The van der Waals surface area contributed by atoms with Crippen molar-refractivity contribution in [1.29, 1.82) is 0 Å². The number of carbonyl (C=O) groups excluding carboxylic acids is 1. The fourth-order valence-electron chi connectivity index (χ4n) is 4.14. The smallest absolute Gasteiger partial charge is 0.251 e. The number of aromatic nitrogens is 2. The Labute approximate surface area is 194 Å². The molecule has 0 saturated carbocycles. The first kappa shape index (κ1) is 22.6. The zero-order chi connectivity index (χ0) is 23.2. The number of anilines is 1. The lowest BCUT2D eigenvalue weighted by Crippen LogP contribution is -2.30. The Bertz CT molecular complexity index is 1090. The number of carbonyl (C=O) groups is 1. The summed E-state index contributed by atoms with van der Waals surface area (Å²) in [4.78, 5) is 24.4. The van der Waals surface area contributed by atoms with Crippen molar-refractivity contribution >= 4 is 11.7 Å². The molecule has 7 heteroatoms. The predicted octanol–water partition coefficient (Wildman–Crippen LogP) is 4.64. The number of nitrogens with zero attached hydrogens (tertiary/aromatic N) is 3. The Morgan fingerprint density at radius 2 is 1.64 bits per heavy atom. The Balaban J connectivity index is 1.48. The van der Waals surface area contributed by atoms with Crippen LogP contribution in [0.15, 0.2) is 54.9 Å². The Morgan fingerprint density at radius 3 is 2.33 bits per heavy atom. The molecule has 172 valence electrons. The van der Waals surface area contributed by atoms with E-state index in [1.54, 1.807) is 26.6 Å². The van der Waals surface area contributed by atoms with E-state index in [9.17, 15) is 4.79 Å². The summed E-state index contributed by atoms with van der Waals surface area (Å²) in [6.45, 7) is 3.94. The highest BCUT2D eigenvalue weighted by atomic mass is 16.5. The molecule has 3 aromatic rings. The number of amides is 1. The van der Waals surface area contributed by atoms with Gasteiger partial charge < -0.3 is 19.7 Å². The molecule has 7 nitrogen and oxygen atoms in total. The lowest BCUT2D eigenvalue weighted by Gasteiger charge is -2.28. The highest BCUT2D eigenvalue weighted by molar-refractivity contribution is 5.95.